The van der Waals surface area contributed by atoms with E-state index < -0.39 is 0 Å². The van der Waals surface area contributed by atoms with Crippen molar-refractivity contribution >= 4 is 23.4 Å². The van der Waals surface area contributed by atoms with Crippen molar-refractivity contribution in [2.45, 2.75) is 30.5 Å². The Hall–Kier alpha value is -0.720. The first-order valence-corrected chi connectivity index (χ1v) is 6.19. The van der Waals surface area contributed by atoms with Gasteiger partial charge in [0.1, 0.15) is 11.1 Å². The predicted molar refractivity (Wildman–Crippen MR) is 64.3 cm³/mol. The van der Waals surface area contributed by atoms with Crippen LogP contribution in [-0.4, -0.2) is 16.1 Å². The minimum absolute atomic E-state index is 0.392. The van der Waals surface area contributed by atoms with Crippen LogP contribution in [0.2, 0.25) is 0 Å². The summed E-state index contributed by atoms with van der Waals surface area (Å²) in [5, 5.41) is 10.1. The first kappa shape index (κ1) is 12.4. The molecule has 0 fully saturated rings. The number of alkyl halides is 1. The van der Waals surface area contributed by atoms with Crippen LogP contribution in [0.25, 0.3) is 0 Å². The fourth-order valence-corrected chi connectivity index (χ4v) is 2.62. The smallest absolute Gasteiger partial charge is 0.114 e. The molecule has 80 valence electrons. The van der Waals surface area contributed by atoms with Crippen molar-refractivity contribution in [3.63, 3.8) is 0 Å². The molecule has 0 radical (unpaired) electrons. The van der Waals surface area contributed by atoms with Gasteiger partial charge in [0.05, 0.1) is 5.56 Å². The molecule has 0 saturated heterocycles. The summed E-state index contributed by atoms with van der Waals surface area (Å²) in [4.78, 5) is 4.36. The number of rotatable bonds is 4. The van der Waals surface area contributed by atoms with Crippen LogP contribution >= 0.6 is 23.4 Å². The molecule has 0 amide bonds. The van der Waals surface area contributed by atoms with Crippen LogP contribution in [0, 0.1) is 18.3 Å². The van der Waals surface area contributed by atoms with Crippen molar-refractivity contribution in [2.75, 3.05) is 5.88 Å². The second kappa shape index (κ2) is 5.99. The monoisotopic (exact) mass is 240 g/mol. The van der Waals surface area contributed by atoms with E-state index in [0.29, 0.717) is 16.7 Å². The predicted octanol–water partition coefficient (Wildman–Crippen LogP) is 3.37. The highest BCUT2D eigenvalue weighted by molar-refractivity contribution is 7.99. The standard InChI is InChI=1S/C11H13ClN2S/c1-8-3-4-10(7-13)11(14-8)15-9(2)5-6-12/h3-4,9H,5-6H2,1-2H3. The van der Waals surface area contributed by atoms with Gasteiger partial charge in [-0.05, 0) is 25.5 Å². The van der Waals surface area contributed by atoms with Gasteiger partial charge in [-0.2, -0.15) is 5.26 Å². The highest BCUT2D eigenvalue weighted by Gasteiger charge is 2.09. The number of nitrogens with zero attached hydrogens (tertiary/aromatic N) is 2. The molecule has 0 aliphatic rings. The van der Waals surface area contributed by atoms with E-state index in [1.807, 2.05) is 19.1 Å². The molecule has 0 aliphatic heterocycles. The molecular formula is C11H13ClN2S. The van der Waals surface area contributed by atoms with E-state index in [9.17, 15) is 0 Å². The first-order chi connectivity index (χ1) is 7.17. The Morgan fingerprint density at radius 2 is 2.33 bits per heavy atom. The summed E-state index contributed by atoms with van der Waals surface area (Å²) in [5.41, 5.74) is 1.58. The fourth-order valence-electron chi connectivity index (χ4n) is 1.11. The lowest BCUT2D eigenvalue weighted by molar-refractivity contribution is 0.904. The van der Waals surface area contributed by atoms with Crippen LogP contribution < -0.4 is 0 Å². The van der Waals surface area contributed by atoms with E-state index in [1.54, 1.807) is 11.8 Å². The van der Waals surface area contributed by atoms with E-state index in [4.69, 9.17) is 16.9 Å². The number of hydrogen-bond donors (Lipinski definition) is 0. The molecule has 15 heavy (non-hydrogen) atoms. The molecule has 0 bridgehead atoms. The molecule has 0 spiro atoms. The summed E-state index contributed by atoms with van der Waals surface area (Å²) in [6.07, 6.45) is 0.923. The van der Waals surface area contributed by atoms with Crippen molar-refractivity contribution in [3.8, 4) is 6.07 Å². The fraction of sp³-hybridized carbons (Fsp3) is 0.455. The Balaban J connectivity index is 2.83. The molecule has 1 atom stereocenters. The third kappa shape index (κ3) is 3.73. The molecule has 1 heterocycles. The number of aryl methyl sites for hydroxylation is 1. The van der Waals surface area contributed by atoms with E-state index in [-0.39, 0.29) is 0 Å². The number of aromatic nitrogens is 1. The second-order valence-electron chi connectivity index (χ2n) is 3.32. The van der Waals surface area contributed by atoms with Crippen molar-refractivity contribution in [1.29, 1.82) is 5.26 Å². The minimum atomic E-state index is 0.392. The molecule has 4 heteroatoms. The Kier molecular flexibility index (Phi) is 4.93. The van der Waals surface area contributed by atoms with Crippen LogP contribution in [-0.2, 0) is 0 Å². The molecule has 0 aliphatic carbocycles. The lowest BCUT2D eigenvalue weighted by atomic mass is 10.3. The van der Waals surface area contributed by atoms with Gasteiger partial charge >= 0.3 is 0 Å². The molecule has 1 unspecified atom stereocenters. The molecule has 1 rings (SSSR count). The largest absolute Gasteiger partial charge is 0.245 e. The highest BCUT2D eigenvalue weighted by Crippen LogP contribution is 2.26. The van der Waals surface area contributed by atoms with Gasteiger partial charge in [-0.25, -0.2) is 4.98 Å². The third-order valence-electron chi connectivity index (χ3n) is 1.95. The maximum absolute atomic E-state index is 8.92. The molecular weight excluding hydrogens is 228 g/mol. The Bertz CT molecular complexity index is 373. The van der Waals surface area contributed by atoms with Gasteiger partial charge < -0.3 is 0 Å². The highest BCUT2D eigenvalue weighted by atomic mass is 35.5. The Morgan fingerprint density at radius 3 is 2.93 bits per heavy atom. The van der Waals surface area contributed by atoms with Gasteiger partial charge in [-0.1, -0.05) is 6.92 Å². The van der Waals surface area contributed by atoms with Gasteiger partial charge in [-0.3, -0.25) is 0 Å². The zero-order chi connectivity index (χ0) is 11.3. The van der Waals surface area contributed by atoms with Gasteiger partial charge in [0.25, 0.3) is 0 Å². The zero-order valence-corrected chi connectivity index (χ0v) is 10.4. The second-order valence-corrected chi connectivity index (χ2v) is 5.13. The number of halogens is 1. The zero-order valence-electron chi connectivity index (χ0n) is 8.83. The van der Waals surface area contributed by atoms with E-state index in [1.165, 1.54) is 0 Å². The molecule has 0 N–H and O–H groups in total. The number of thioether (sulfide) groups is 1. The van der Waals surface area contributed by atoms with Crippen LogP contribution in [0.15, 0.2) is 17.2 Å². The van der Waals surface area contributed by atoms with Gasteiger partial charge in [0.2, 0.25) is 0 Å². The van der Waals surface area contributed by atoms with Crippen molar-refractivity contribution in [2.24, 2.45) is 0 Å². The third-order valence-corrected chi connectivity index (χ3v) is 3.34. The lowest BCUT2D eigenvalue weighted by Gasteiger charge is -2.09. The average molecular weight is 241 g/mol. The topological polar surface area (TPSA) is 36.7 Å². The van der Waals surface area contributed by atoms with Crippen molar-refractivity contribution in [3.05, 3.63) is 23.4 Å². The molecule has 1 aromatic rings. The molecule has 0 aromatic carbocycles. The SMILES string of the molecule is Cc1ccc(C#N)c(SC(C)CCCl)n1. The van der Waals surface area contributed by atoms with Crippen molar-refractivity contribution in [1.82, 2.24) is 4.98 Å². The van der Waals surface area contributed by atoms with Crippen LogP contribution in [0.5, 0.6) is 0 Å². The van der Waals surface area contributed by atoms with Crippen molar-refractivity contribution < 1.29 is 0 Å². The summed E-state index contributed by atoms with van der Waals surface area (Å²) in [6, 6.07) is 5.83. The normalized spacial score (nSPS) is 12.1. The number of hydrogen-bond acceptors (Lipinski definition) is 3. The Labute approximate surface area is 99.7 Å². The summed E-state index contributed by atoms with van der Waals surface area (Å²) < 4.78 is 0. The maximum Gasteiger partial charge on any atom is 0.114 e. The minimum Gasteiger partial charge on any atom is -0.245 e. The quantitative estimate of drug-likeness (QED) is 0.598. The summed E-state index contributed by atoms with van der Waals surface area (Å²) in [6.45, 7) is 4.02. The van der Waals surface area contributed by atoms with Crippen LogP contribution in [0.1, 0.15) is 24.6 Å². The van der Waals surface area contributed by atoms with Gasteiger partial charge in [-0.15, -0.1) is 23.4 Å². The van der Waals surface area contributed by atoms with E-state index in [0.717, 1.165) is 17.1 Å². The first-order valence-electron chi connectivity index (χ1n) is 4.77. The summed E-state index contributed by atoms with van der Waals surface area (Å²) >= 11 is 7.28. The van der Waals surface area contributed by atoms with Crippen LogP contribution in [0.4, 0.5) is 0 Å². The van der Waals surface area contributed by atoms with Gasteiger partial charge in [0, 0.05) is 16.8 Å². The van der Waals surface area contributed by atoms with E-state index >= 15 is 0 Å². The number of nitriles is 1. The summed E-state index contributed by atoms with van der Waals surface area (Å²) in [7, 11) is 0. The molecule has 0 saturated carbocycles. The Morgan fingerprint density at radius 1 is 1.60 bits per heavy atom. The molecule has 2 nitrogen and oxygen atoms in total. The van der Waals surface area contributed by atoms with Crippen LogP contribution in [0.3, 0.4) is 0 Å². The van der Waals surface area contributed by atoms with E-state index in [2.05, 4.69) is 18.0 Å². The number of pyridine rings is 1. The maximum atomic E-state index is 8.92. The summed E-state index contributed by atoms with van der Waals surface area (Å²) in [5.74, 6) is 0.641. The van der Waals surface area contributed by atoms with Gasteiger partial charge in [0.15, 0.2) is 0 Å². The lowest BCUT2D eigenvalue weighted by Crippen LogP contribution is -1.99. The molecule has 1 aromatic heterocycles. The average Bonchev–Trinajstić information content (AvgIpc) is 2.18.